The van der Waals surface area contributed by atoms with Crippen LogP contribution in [0.4, 0.5) is 0 Å². The zero-order valence-corrected chi connectivity index (χ0v) is 11.4. The van der Waals surface area contributed by atoms with Crippen molar-refractivity contribution in [3.05, 3.63) is 65.4 Å². The molecule has 4 heteroatoms. The molecule has 3 aromatic rings. The van der Waals surface area contributed by atoms with Crippen molar-refractivity contribution in [2.75, 3.05) is 7.11 Å². The van der Waals surface area contributed by atoms with Crippen LogP contribution in [0.3, 0.4) is 0 Å². The van der Waals surface area contributed by atoms with Gasteiger partial charge >= 0.3 is 0 Å². The van der Waals surface area contributed by atoms with E-state index in [1.807, 2.05) is 12.1 Å². The molecule has 0 spiro atoms. The van der Waals surface area contributed by atoms with Crippen LogP contribution in [0.2, 0.25) is 0 Å². The summed E-state index contributed by atoms with van der Waals surface area (Å²) in [5.74, 6) is 0.699. The highest BCUT2D eigenvalue weighted by atomic mass is 16.5. The maximum Gasteiger partial charge on any atom is 0.234 e. The Balaban J connectivity index is 2.29. The Labute approximate surface area is 121 Å². The number of hydrogen-bond acceptors (Lipinski definition) is 3. The van der Waals surface area contributed by atoms with E-state index < -0.39 is 0 Å². The zero-order valence-electron chi connectivity index (χ0n) is 11.4. The second kappa shape index (κ2) is 5.25. The van der Waals surface area contributed by atoms with Gasteiger partial charge in [-0.15, -0.1) is 0 Å². The van der Waals surface area contributed by atoms with E-state index in [1.165, 1.54) is 0 Å². The van der Waals surface area contributed by atoms with Gasteiger partial charge in [-0.25, -0.2) is 0 Å². The molecule has 0 amide bonds. The molecule has 0 fully saturated rings. The number of ether oxygens (including phenoxy) is 1. The first-order valence-corrected chi connectivity index (χ1v) is 6.49. The van der Waals surface area contributed by atoms with Gasteiger partial charge in [-0.3, -0.25) is 4.79 Å². The summed E-state index contributed by atoms with van der Waals surface area (Å²) in [6.45, 7) is 0. The number of rotatable bonds is 3. The first-order valence-electron chi connectivity index (χ1n) is 6.49. The summed E-state index contributed by atoms with van der Waals surface area (Å²) in [6, 6.07) is 16.0. The molecule has 104 valence electrons. The molecule has 3 rings (SSSR count). The quantitative estimate of drug-likeness (QED) is 0.421. The Kier molecular flexibility index (Phi) is 3.28. The molecule has 0 radical (unpaired) electrons. The lowest BCUT2D eigenvalue weighted by Gasteiger charge is -2.10. The summed E-state index contributed by atoms with van der Waals surface area (Å²) in [5, 5.41) is 13.3. The second-order valence-electron chi connectivity index (χ2n) is 4.65. The number of nitrogens with zero attached hydrogens (tertiary/aromatic N) is 1. The molecule has 0 saturated heterocycles. The Bertz CT molecular complexity index is 810. The third-order valence-electron chi connectivity index (χ3n) is 3.43. The highest BCUT2D eigenvalue weighted by Crippen LogP contribution is 2.25. The molecule has 0 aliphatic heterocycles. The van der Waals surface area contributed by atoms with Crippen molar-refractivity contribution in [1.29, 1.82) is 0 Å². The summed E-state index contributed by atoms with van der Waals surface area (Å²) in [5.41, 5.74) is 1.94. The van der Waals surface area contributed by atoms with Crippen molar-refractivity contribution in [2.45, 2.75) is 0 Å². The largest absolute Gasteiger partial charge is 0.618 e. The molecule has 0 unspecified atom stereocenters. The Morgan fingerprint density at radius 3 is 2.48 bits per heavy atom. The van der Waals surface area contributed by atoms with Gasteiger partial charge in [0, 0.05) is 17.0 Å². The minimum Gasteiger partial charge on any atom is -0.618 e. The van der Waals surface area contributed by atoms with Gasteiger partial charge < -0.3 is 9.94 Å². The van der Waals surface area contributed by atoms with Crippen LogP contribution >= 0.6 is 0 Å². The Hall–Kier alpha value is -2.88. The van der Waals surface area contributed by atoms with Crippen LogP contribution in [0, 0.1) is 5.21 Å². The number of fused-ring (bicyclic) bond motifs is 1. The Morgan fingerprint density at radius 2 is 1.81 bits per heavy atom. The molecule has 0 aliphatic rings. The number of carbonyl (C=O) groups excluding carboxylic acids is 1. The predicted octanol–water partition coefficient (Wildman–Crippen LogP) is 2.96. The average molecular weight is 279 g/mol. The van der Waals surface area contributed by atoms with E-state index in [2.05, 4.69) is 0 Å². The number of hydrogen-bond donors (Lipinski definition) is 0. The third kappa shape index (κ3) is 2.21. The topological polar surface area (TPSA) is 53.2 Å². The maximum absolute atomic E-state index is 12.6. The molecule has 4 nitrogen and oxygen atoms in total. The van der Waals surface area contributed by atoms with E-state index in [9.17, 15) is 10.0 Å². The highest BCUT2D eigenvalue weighted by molar-refractivity contribution is 5.90. The first-order chi connectivity index (χ1) is 10.2. The van der Waals surface area contributed by atoms with E-state index in [0.717, 1.165) is 10.1 Å². The average Bonchev–Trinajstić information content (AvgIpc) is 2.55. The predicted molar refractivity (Wildman–Crippen MR) is 80.3 cm³/mol. The molecule has 0 aliphatic carbocycles. The van der Waals surface area contributed by atoms with Gasteiger partial charge in [0.05, 0.1) is 12.7 Å². The molecule has 0 atom stereocenters. The van der Waals surface area contributed by atoms with Gasteiger partial charge in [0.2, 0.25) is 11.2 Å². The summed E-state index contributed by atoms with van der Waals surface area (Å²) in [6.07, 6.45) is 0.709. The van der Waals surface area contributed by atoms with Gasteiger partial charge in [0.1, 0.15) is 5.75 Å². The molecule has 1 aromatic heterocycles. The summed E-state index contributed by atoms with van der Waals surface area (Å²) < 4.78 is 5.91. The number of para-hydroxylation sites is 1. The van der Waals surface area contributed by atoms with E-state index in [0.29, 0.717) is 34.4 Å². The maximum atomic E-state index is 12.6. The van der Waals surface area contributed by atoms with Crippen molar-refractivity contribution in [3.63, 3.8) is 0 Å². The number of aldehydes is 1. The lowest BCUT2D eigenvalue weighted by molar-refractivity contribution is -0.565. The first kappa shape index (κ1) is 13.1. The molecule has 0 bridgehead atoms. The summed E-state index contributed by atoms with van der Waals surface area (Å²) >= 11 is 0. The van der Waals surface area contributed by atoms with Gasteiger partial charge in [-0.05, 0) is 36.4 Å². The van der Waals surface area contributed by atoms with Crippen LogP contribution in [-0.4, -0.2) is 13.4 Å². The minimum absolute atomic E-state index is 0.353. The van der Waals surface area contributed by atoms with Gasteiger partial charge in [0.15, 0.2) is 6.29 Å². The second-order valence-corrected chi connectivity index (χ2v) is 4.65. The van der Waals surface area contributed by atoms with Crippen molar-refractivity contribution in [1.82, 2.24) is 0 Å². The Morgan fingerprint density at radius 1 is 1.10 bits per heavy atom. The highest BCUT2D eigenvalue weighted by Gasteiger charge is 2.18. The smallest absolute Gasteiger partial charge is 0.234 e. The van der Waals surface area contributed by atoms with Crippen LogP contribution in [0.25, 0.3) is 22.2 Å². The van der Waals surface area contributed by atoms with Gasteiger partial charge in [-0.2, -0.15) is 4.73 Å². The third-order valence-corrected chi connectivity index (χ3v) is 3.43. The van der Waals surface area contributed by atoms with Crippen LogP contribution in [0.5, 0.6) is 5.75 Å². The molecular weight excluding hydrogens is 266 g/mol. The van der Waals surface area contributed by atoms with E-state index in [4.69, 9.17) is 4.74 Å². The number of aromatic nitrogens is 1. The lowest BCUT2D eigenvalue weighted by atomic mass is 10.0. The van der Waals surface area contributed by atoms with Crippen molar-refractivity contribution >= 4 is 17.2 Å². The van der Waals surface area contributed by atoms with E-state index >= 15 is 0 Å². The van der Waals surface area contributed by atoms with Gasteiger partial charge in [-0.1, -0.05) is 12.1 Å². The minimum atomic E-state index is 0.353. The monoisotopic (exact) mass is 279 g/mol. The molecule has 21 heavy (non-hydrogen) atoms. The zero-order chi connectivity index (χ0) is 14.8. The normalized spacial score (nSPS) is 10.5. The molecular formula is C17H13NO3. The van der Waals surface area contributed by atoms with Crippen LogP contribution in [0.15, 0.2) is 54.6 Å². The van der Waals surface area contributed by atoms with E-state index in [1.54, 1.807) is 49.6 Å². The SMILES string of the molecule is COc1ccc(-c2c(C=O)cc3ccccc3[n+]2[O-])cc1. The van der Waals surface area contributed by atoms with Crippen molar-refractivity contribution in [3.8, 4) is 17.0 Å². The summed E-state index contributed by atoms with van der Waals surface area (Å²) in [4.78, 5) is 11.3. The molecule has 0 N–H and O–H groups in total. The summed E-state index contributed by atoms with van der Waals surface area (Å²) in [7, 11) is 1.58. The molecule has 2 aromatic carbocycles. The number of pyridine rings is 1. The molecule has 1 heterocycles. The standard InChI is InChI=1S/C17H13NO3/c1-21-15-8-6-12(7-9-15)17-14(11-19)10-13-4-2-3-5-16(13)18(17)20/h2-11H,1H3. The van der Waals surface area contributed by atoms with E-state index in [-0.39, 0.29) is 0 Å². The van der Waals surface area contributed by atoms with Crippen molar-refractivity contribution in [2.24, 2.45) is 0 Å². The van der Waals surface area contributed by atoms with Crippen molar-refractivity contribution < 1.29 is 14.3 Å². The van der Waals surface area contributed by atoms with Crippen LogP contribution in [-0.2, 0) is 0 Å². The van der Waals surface area contributed by atoms with Gasteiger partial charge in [0.25, 0.3) is 0 Å². The number of benzene rings is 2. The fourth-order valence-electron chi connectivity index (χ4n) is 2.39. The van der Waals surface area contributed by atoms with Crippen LogP contribution in [0.1, 0.15) is 10.4 Å². The van der Waals surface area contributed by atoms with Crippen LogP contribution < -0.4 is 9.47 Å². The lowest BCUT2D eigenvalue weighted by Crippen LogP contribution is -2.31. The fourth-order valence-corrected chi connectivity index (χ4v) is 2.39. The number of methoxy groups -OCH3 is 1. The fraction of sp³-hybridized carbons (Fsp3) is 0.0588. The molecule has 0 saturated carbocycles. The number of carbonyl (C=O) groups is 1.